The molecule has 0 aliphatic heterocycles. The highest BCUT2D eigenvalue weighted by Crippen LogP contribution is 2.55. The number of hydrogen-bond acceptors (Lipinski definition) is 1. The number of nitrogens with zero attached hydrogens (tertiary/aromatic N) is 1. The summed E-state index contributed by atoms with van der Waals surface area (Å²) < 4.78 is 0. The fraction of sp³-hybridized carbons (Fsp3) is 0.175. The molecule has 5 aliphatic rings. The van der Waals surface area contributed by atoms with Gasteiger partial charge in [0, 0.05) is 35.3 Å². The van der Waals surface area contributed by atoms with E-state index in [1.54, 1.807) is 0 Å². The first kappa shape index (κ1) is 42.3. The second-order valence-electron chi connectivity index (χ2n) is 17.7. The molecule has 3 atom stereocenters. The van der Waals surface area contributed by atoms with Crippen LogP contribution in [0.4, 0.5) is 0 Å². The van der Waals surface area contributed by atoms with E-state index in [0.717, 1.165) is 36.1 Å². The first-order valence-corrected chi connectivity index (χ1v) is 23.0. The molecule has 0 spiro atoms. The van der Waals surface area contributed by atoms with Gasteiger partial charge in [-0.05, 0) is 142 Å². The van der Waals surface area contributed by atoms with E-state index in [4.69, 9.17) is 0 Å². The standard InChI is InChI=1S/C63H59N/c1-8-22-56-44(5)45(6)57(55(10-3)54(56)9-2)30-21-40-64(53-38-36-47(37-39-53)50-35-34-49-33-32-48-23-17-18-29-59(48)60(49)42-50)43(4)41-62-46(7)58-28-19-20-31-61(58)63(62,51-24-13-11-14-25-51)52-26-15-12-16-27-52/h8-29,31,33-36,38-42,47-48,57H,2-3,6,30,32,37H2,1,4-5,7H3/b22-8-,40-21+,43-41+. The Labute approximate surface area is 381 Å². The zero-order valence-electron chi connectivity index (χ0n) is 37.9. The summed E-state index contributed by atoms with van der Waals surface area (Å²) in [4.78, 5) is 2.41. The molecular weight excluding hydrogens is 771 g/mol. The molecule has 0 aromatic heterocycles. The quantitative estimate of drug-likeness (QED) is 0.137. The molecular formula is C63H59N. The van der Waals surface area contributed by atoms with Gasteiger partial charge < -0.3 is 4.90 Å². The molecule has 3 unspecified atom stereocenters. The maximum Gasteiger partial charge on any atom is 0.0710 e. The monoisotopic (exact) mass is 829 g/mol. The normalized spacial score (nSPS) is 21.3. The number of allylic oxidation sites excluding steroid dienone is 21. The van der Waals surface area contributed by atoms with Crippen LogP contribution in [0.25, 0.3) is 17.2 Å². The van der Waals surface area contributed by atoms with Gasteiger partial charge in [-0.25, -0.2) is 0 Å². The average molecular weight is 830 g/mol. The second-order valence-corrected chi connectivity index (χ2v) is 17.7. The van der Waals surface area contributed by atoms with Gasteiger partial charge in [0.15, 0.2) is 0 Å². The number of rotatable bonds is 12. The molecule has 0 N–H and O–H groups in total. The highest BCUT2D eigenvalue weighted by Gasteiger charge is 2.46. The summed E-state index contributed by atoms with van der Waals surface area (Å²) in [6, 6.07) is 38.2. The number of benzene rings is 4. The lowest BCUT2D eigenvalue weighted by atomic mass is 9.66. The zero-order chi connectivity index (χ0) is 44.4. The first-order valence-electron chi connectivity index (χ1n) is 23.0. The second kappa shape index (κ2) is 18.0. The Hall–Kier alpha value is -6.96. The number of hydrogen-bond donors (Lipinski definition) is 0. The van der Waals surface area contributed by atoms with E-state index in [0.29, 0.717) is 5.92 Å². The van der Waals surface area contributed by atoms with Gasteiger partial charge >= 0.3 is 0 Å². The van der Waals surface area contributed by atoms with E-state index in [1.807, 2.05) is 12.2 Å². The number of fused-ring (bicyclic) bond motifs is 3. The predicted octanol–water partition coefficient (Wildman–Crippen LogP) is 14.4. The maximum absolute atomic E-state index is 4.65. The largest absolute Gasteiger partial charge is 0.322 e. The summed E-state index contributed by atoms with van der Waals surface area (Å²) in [6.07, 6.45) is 36.7. The van der Waals surface area contributed by atoms with Gasteiger partial charge in [0.1, 0.15) is 0 Å². The molecule has 9 rings (SSSR count). The van der Waals surface area contributed by atoms with E-state index >= 15 is 0 Å². The highest BCUT2D eigenvalue weighted by atomic mass is 15.1. The van der Waals surface area contributed by atoms with Crippen molar-refractivity contribution in [2.45, 2.75) is 58.3 Å². The van der Waals surface area contributed by atoms with Gasteiger partial charge in [0.05, 0.1) is 5.41 Å². The lowest BCUT2D eigenvalue weighted by Gasteiger charge is -2.36. The fourth-order valence-electron chi connectivity index (χ4n) is 11.0. The van der Waals surface area contributed by atoms with Crippen LogP contribution < -0.4 is 10.4 Å². The topological polar surface area (TPSA) is 3.24 Å². The van der Waals surface area contributed by atoms with E-state index < -0.39 is 5.41 Å². The SMILES string of the molecule is C=CC1=C(C=C)C(C/C=C/N(C2=CCC(c3ccc4c(c3)=C3C=CC=CC3CC=4)C=C2)/C(C)=C/C2=C(C)c3ccccc3C2(c2ccccc2)c2ccccc2)C(=C)C(C)=C1/C=C\C. The van der Waals surface area contributed by atoms with Crippen molar-refractivity contribution in [3.05, 3.63) is 291 Å². The maximum atomic E-state index is 4.65. The molecule has 0 amide bonds. The van der Waals surface area contributed by atoms with Crippen LogP contribution in [0.2, 0.25) is 0 Å². The Morgan fingerprint density at radius 2 is 1.48 bits per heavy atom. The molecule has 0 bridgehead atoms. The molecule has 4 aromatic carbocycles. The van der Waals surface area contributed by atoms with Crippen LogP contribution in [0.3, 0.4) is 0 Å². The Kier molecular flexibility index (Phi) is 11.9. The molecule has 5 aliphatic carbocycles. The summed E-state index contributed by atoms with van der Waals surface area (Å²) in [5, 5.41) is 2.73. The predicted molar refractivity (Wildman–Crippen MR) is 273 cm³/mol. The van der Waals surface area contributed by atoms with Crippen molar-refractivity contribution < 1.29 is 0 Å². The van der Waals surface area contributed by atoms with E-state index in [2.05, 4.69) is 235 Å². The molecule has 1 heteroatoms. The van der Waals surface area contributed by atoms with E-state index in [-0.39, 0.29) is 11.8 Å². The highest BCUT2D eigenvalue weighted by molar-refractivity contribution is 5.86. The molecule has 0 fully saturated rings. The summed E-state index contributed by atoms with van der Waals surface area (Å²) in [5.74, 6) is 0.844. The minimum absolute atomic E-state index is 0.0912. The van der Waals surface area contributed by atoms with Crippen LogP contribution in [0.5, 0.6) is 0 Å². The summed E-state index contributed by atoms with van der Waals surface area (Å²) in [5.41, 5.74) is 18.2. The summed E-state index contributed by atoms with van der Waals surface area (Å²) >= 11 is 0. The van der Waals surface area contributed by atoms with Crippen LogP contribution in [0.1, 0.15) is 80.7 Å². The molecule has 64 heavy (non-hydrogen) atoms. The first-order chi connectivity index (χ1) is 31.3. The lowest BCUT2D eigenvalue weighted by molar-refractivity contribution is 0.573. The van der Waals surface area contributed by atoms with Crippen molar-refractivity contribution in [1.29, 1.82) is 0 Å². The Bertz CT molecular complexity index is 2960. The van der Waals surface area contributed by atoms with Crippen molar-refractivity contribution in [1.82, 2.24) is 4.90 Å². The van der Waals surface area contributed by atoms with E-state index in [1.165, 1.54) is 77.4 Å². The Morgan fingerprint density at radius 1 is 0.766 bits per heavy atom. The van der Waals surface area contributed by atoms with Gasteiger partial charge in [-0.3, -0.25) is 0 Å². The minimum atomic E-state index is -0.495. The summed E-state index contributed by atoms with van der Waals surface area (Å²) in [7, 11) is 0. The Balaban J connectivity index is 1.14. The van der Waals surface area contributed by atoms with Crippen LogP contribution >= 0.6 is 0 Å². The van der Waals surface area contributed by atoms with Gasteiger partial charge in [-0.15, -0.1) is 0 Å². The van der Waals surface area contributed by atoms with Gasteiger partial charge in [0.25, 0.3) is 0 Å². The molecule has 0 radical (unpaired) electrons. The minimum Gasteiger partial charge on any atom is -0.322 e. The third-order valence-electron chi connectivity index (χ3n) is 14.3. The van der Waals surface area contributed by atoms with E-state index in [9.17, 15) is 0 Å². The van der Waals surface area contributed by atoms with Crippen LogP contribution in [0.15, 0.2) is 253 Å². The Morgan fingerprint density at radius 3 is 2.17 bits per heavy atom. The third-order valence-corrected chi connectivity index (χ3v) is 14.3. The van der Waals surface area contributed by atoms with Crippen LogP contribution in [-0.2, 0) is 5.41 Å². The molecule has 0 saturated heterocycles. The van der Waals surface area contributed by atoms with Crippen LogP contribution in [0, 0.1) is 11.8 Å². The zero-order valence-corrected chi connectivity index (χ0v) is 37.9. The molecule has 0 saturated carbocycles. The third kappa shape index (κ3) is 7.33. The van der Waals surface area contributed by atoms with Crippen molar-refractivity contribution in [3.63, 3.8) is 0 Å². The molecule has 4 aromatic rings. The summed E-state index contributed by atoms with van der Waals surface area (Å²) in [6.45, 7) is 22.0. The van der Waals surface area contributed by atoms with Gasteiger partial charge in [-0.2, -0.15) is 0 Å². The average Bonchev–Trinajstić information content (AvgIpc) is 3.59. The molecule has 316 valence electrons. The van der Waals surface area contributed by atoms with Crippen molar-refractivity contribution in [3.8, 4) is 0 Å². The molecule has 0 heterocycles. The van der Waals surface area contributed by atoms with Gasteiger partial charge in [-0.1, -0.05) is 196 Å². The molecule has 1 nitrogen and oxygen atoms in total. The van der Waals surface area contributed by atoms with Crippen molar-refractivity contribution >= 4 is 17.2 Å². The van der Waals surface area contributed by atoms with Crippen molar-refractivity contribution in [2.24, 2.45) is 11.8 Å². The van der Waals surface area contributed by atoms with Gasteiger partial charge in [0.2, 0.25) is 0 Å². The fourth-order valence-corrected chi connectivity index (χ4v) is 11.0. The smallest absolute Gasteiger partial charge is 0.0710 e. The van der Waals surface area contributed by atoms with Crippen molar-refractivity contribution in [2.75, 3.05) is 0 Å². The lowest BCUT2D eigenvalue weighted by Crippen LogP contribution is -2.33. The van der Waals surface area contributed by atoms with Crippen LogP contribution in [-0.4, -0.2) is 4.90 Å².